The number of pyridine rings is 1. The van der Waals surface area contributed by atoms with E-state index in [1.807, 2.05) is 71.1 Å². The molecule has 0 aliphatic carbocycles. The Balaban J connectivity index is 0.00000786. The predicted molar refractivity (Wildman–Crippen MR) is 283 cm³/mol. The van der Waals surface area contributed by atoms with Gasteiger partial charge in [0.05, 0.1) is 16.4 Å². The molecule has 344 valence electrons. The fourth-order valence-corrected chi connectivity index (χ4v) is 8.69. The first-order valence-electron chi connectivity index (χ1n) is 29.7. The Morgan fingerprint density at radius 2 is 1.20 bits per heavy atom. The largest absolute Gasteiger partial charge is 0.509 e. The average Bonchev–Trinajstić information content (AvgIpc) is 1.78. The van der Waals surface area contributed by atoms with Gasteiger partial charge in [0.25, 0.3) is 0 Å². The molecule has 0 saturated heterocycles. The van der Waals surface area contributed by atoms with E-state index in [0.717, 1.165) is 33.6 Å². The van der Waals surface area contributed by atoms with Crippen LogP contribution in [0.25, 0.3) is 61.0 Å². The normalized spacial score (nSPS) is 15.9. The van der Waals surface area contributed by atoms with E-state index in [1.54, 1.807) is 42.5 Å². The van der Waals surface area contributed by atoms with Crippen molar-refractivity contribution in [3.8, 4) is 50.7 Å². The molecule has 0 atom stereocenters. The van der Waals surface area contributed by atoms with Gasteiger partial charge in [0.1, 0.15) is 5.82 Å². The third-order valence-corrected chi connectivity index (χ3v) is 12.2. The number of ether oxygens (including phenoxy) is 1. The topological polar surface area (TPSA) is 33.5 Å². The van der Waals surface area contributed by atoms with Crippen LogP contribution in [0.15, 0.2) is 188 Å². The zero-order valence-corrected chi connectivity index (χ0v) is 40.8. The second-order valence-electron chi connectivity index (χ2n) is 18.7. The van der Waals surface area contributed by atoms with Gasteiger partial charge in [-0.3, -0.25) is 0 Å². The van der Waals surface area contributed by atoms with Crippen molar-refractivity contribution in [3.05, 3.63) is 223 Å². The van der Waals surface area contributed by atoms with Gasteiger partial charge >= 0.3 is 0 Å². The summed E-state index contributed by atoms with van der Waals surface area (Å²) in [5.41, 5.74) is 5.35. The van der Waals surface area contributed by atoms with Crippen LogP contribution < -0.4 is 14.5 Å². The van der Waals surface area contributed by atoms with Crippen LogP contribution in [0.3, 0.4) is 0 Å². The summed E-state index contributed by atoms with van der Waals surface area (Å²) in [7, 11) is 0. The average molecular weight is 1090 g/mol. The van der Waals surface area contributed by atoms with E-state index >= 15 is 0 Å². The minimum Gasteiger partial charge on any atom is -0.509 e. The van der Waals surface area contributed by atoms with Gasteiger partial charge in [0, 0.05) is 82.1 Å². The van der Waals surface area contributed by atoms with E-state index in [-0.39, 0.29) is 66.9 Å². The SMILES string of the molecule is [2H]c1nc(-n2c3[c-]c(Oc4[c-]c(N5[CH-]N(c6c(-c7cc(C(C)(C)C)cc(C(C)(C)C)c7)cccc6-c6c([2H])c([2H])c([2H])c([2H])c6[2H])c6ccccc65)ccc4)ccc3c3ccccc32)c([2H])c(C([2H])([2H])[2H])c1-c1c([2H])c([2H])c([2H])c([2H])c1[2H].[Pt]. The van der Waals surface area contributed by atoms with Crippen LogP contribution in [0.5, 0.6) is 11.5 Å². The first-order valence-corrected chi connectivity index (χ1v) is 22.2. The monoisotopic (exact) mass is 1090 g/mol. The number of aromatic nitrogens is 2. The quantitative estimate of drug-likeness (QED) is 0.142. The van der Waals surface area contributed by atoms with Crippen molar-refractivity contribution < 1.29 is 46.4 Å². The van der Waals surface area contributed by atoms with E-state index in [1.165, 1.54) is 4.57 Å². The second-order valence-corrected chi connectivity index (χ2v) is 18.7. The number of fused-ring (bicyclic) bond motifs is 4. The van der Waals surface area contributed by atoms with Crippen LogP contribution in [0.1, 0.15) is 78.8 Å². The van der Waals surface area contributed by atoms with Crippen molar-refractivity contribution in [2.45, 2.75) is 59.2 Å². The molecule has 3 heterocycles. The van der Waals surface area contributed by atoms with E-state index in [9.17, 15) is 5.48 Å². The van der Waals surface area contributed by atoms with E-state index in [4.69, 9.17) is 19.8 Å². The fraction of sp³-hybridized carbons (Fsp3) is 0.143. The first kappa shape index (κ1) is 31.0. The number of rotatable bonds is 8. The Morgan fingerprint density at radius 1 is 0.594 bits per heavy atom. The van der Waals surface area contributed by atoms with Gasteiger partial charge in [-0.2, -0.15) is 12.1 Å². The molecule has 0 fully saturated rings. The summed E-state index contributed by atoms with van der Waals surface area (Å²) in [4.78, 5) is 8.38. The molecule has 0 N–H and O–H groups in total. The minimum absolute atomic E-state index is 0. The molecule has 5 nitrogen and oxygen atoms in total. The predicted octanol–water partition coefficient (Wildman–Crippen LogP) is 16.9. The second kappa shape index (κ2) is 18.0. The molecule has 0 bridgehead atoms. The zero-order chi connectivity index (χ0) is 59.7. The summed E-state index contributed by atoms with van der Waals surface area (Å²) in [5, 5.41) is 1.30. The molecule has 0 unspecified atom stereocenters. The van der Waals surface area contributed by atoms with Gasteiger partial charge < -0.3 is 19.1 Å². The smallest absolute Gasteiger partial charge is 0.135 e. The molecule has 11 rings (SSSR count). The van der Waals surface area contributed by atoms with Gasteiger partial charge in [-0.05, 0) is 80.7 Å². The summed E-state index contributed by atoms with van der Waals surface area (Å²) < 4.78 is 139. The maximum atomic E-state index is 9.50. The summed E-state index contributed by atoms with van der Waals surface area (Å²) in [6, 6.07) is 36.3. The third kappa shape index (κ3) is 8.55. The molecule has 1 aliphatic rings. The van der Waals surface area contributed by atoms with Crippen molar-refractivity contribution in [1.82, 2.24) is 9.55 Å². The number of anilines is 4. The summed E-state index contributed by atoms with van der Waals surface area (Å²) in [6.45, 7) is 11.7. The molecule has 0 saturated carbocycles. The van der Waals surface area contributed by atoms with Gasteiger partial charge in [-0.1, -0.05) is 174 Å². The molecule has 8 aromatic carbocycles. The Kier molecular flexibility index (Phi) is 8.11. The van der Waals surface area contributed by atoms with Gasteiger partial charge in [-0.25, -0.2) is 4.98 Å². The van der Waals surface area contributed by atoms with Gasteiger partial charge in [0.2, 0.25) is 0 Å². The van der Waals surface area contributed by atoms with Crippen LogP contribution in [0.2, 0.25) is 0 Å². The maximum absolute atomic E-state index is 9.50. The molecule has 10 aromatic rings. The van der Waals surface area contributed by atoms with Gasteiger partial charge in [-0.15, -0.1) is 48.1 Å². The minimum atomic E-state index is -3.12. The number of hydrogen-bond donors (Lipinski definition) is 0. The van der Waals surface area contributed by atoms with Crippen molar-refractivity contribution in [3.63, 3.8) is 0 Å². The van der Waals surface area contributed by atoms with E-state index in [0.29, 0.717) is 38.7 Å². The standard InChI is InChI=1S/C63H53N4O.Pt/c1-42-34-60(64-40-55(42)44-22-12-9-13-23-44)67-56-29-15-14-26-53(56)54-33-32-50(39-59(54)67)68-49-25-18-24-48(38-49)65-41-66(58-31-17-16-30-57(58)65)61-51(43-20-10-8-11-21-43)27-19-28-52(61)45-35-46(62(2,3)4)37-47(36-45)63(5,6)7;/h8-37,40-41H,1-7H3;/q-3;/i1D3,8D,9D,10D,11D,12D,13D,20D,21D,22D,23D,34D,40D;. The van der Waals surface area contributed by atoms with Crippen molar-refractivity contribution >= 4 is 44.6 Å². The maximum Gasteiger partial charge on any atom is 0.135 e. The van der Waals surface area contributed by atoms with Crippen molar-refractivity contribution in [1.29, 1.82) is 0 Å². The molecule has 0 amide bonds. The number of benzene rings is 8. The molecule has 2 aromatic heterocycles. The third-order valence-electron chi connectivity index (χ3n) is 12.2. The van der Waals surface area contributed by atoms with Crippen LogP contribution in [0.4, 0.5) is 22.7 Å². The Hall–Kier alpha value is -7.20. The number of hydrogen-bond acceptors (Lipinski definition) is 4. The van der Waals surface area contributed by atoms with Crippen molar-refractivity contribution in [2.75, 3.05) is 9.80 Å². The van der Waals surface area contributed by atoms with Crippen LogP contribution >= 0.6 is 0 Å². The first-order chi connectivity index (χ1) is 39.1. The van der Waals surface area contributed by atoms with Crippen molar-refractivity contribution in [2.24, 2.45) is 0 Å². The molecular formula is C63H53N4OPt-3. The summed E-state index contributed by atoms with van der Waals surface area (Å²) in [6.07, 6.45) is -0.720. The Morgan fingerprint density at radius 3 is 1.88 bits per heavy atom. The zero-order valence-electron chi connectivity index (χ0n) is 53.6. The Bertz CT molecular complexity index is 4270. The van der Waals surface area contributed by atoms with Gasteiger partial charge in [0.15, 0.2) is 0 Å². The number of para-hydroxylation sites is 4. The van der Waals surface area contributed by atoms with Crippen LogP contribution in [-0.2, 0) is 31.9 Å². The van der Waals surface area contributed by atoms with Crippen LogP contribution in [0, 0.1) is 25.7 Å². The summed E-state index contributed by atoms with van der Waals surface area (Å²) in [5.74, 6) is 0.182. The van der Waals surface area contributed by atoms with E-state index in [2.05, 4.69) is 76.9 Å². The number of nitrogens with zero attached hydrogens (tertiary/aromatic N) is 4. The van der Waals surface area contributed by atoms with E-state index < -0.39 is 84.1 Å². The fourth-order valence-electron chi connectivity index (χ4n) is 8.69. The molecule has 0 radical (unpaired) electrons. The Labute approximate surface area is 442 Å². The molecule has 1 aliphatic heterocycles. The van der Waals surface area contributed by atoms with Crippen LogP contribution in [-0.4, -0.2) is 9.55 Å². The molecule has 69 heavy (non-hydrogen) atoms. The molecule has 0 spiro atoms. The molecule has 6 heteroatoms. The summed E-state index contributed by atoms with van der Waals surface area (Å²) >= 11 is 0. The molecular weight excluding hydrogens is 1020 g/mol.